The van der Waals surface area contributed by atoms with Crippen molar-refractivity contribution in [2.45, 2.75) is 45.1 Å². The first kappa shape index (κ1) is 15.7. The van der Waals surface area contributed by atoms with Gasteiger partial charge in [0.05, 0.1) is 19.6 Å². The maximum atomic E-state index is 11.5. The molecule has 108 valence electrons. The van der Waals surface area contributed by atoms with Crippen LogP contribution < -0.4 is 0 Å². The summed E-state index contributed by atoms with van der Waals surface area (Å²) in [7, 11) is 0. The number of rotatable bonds is 10. The Morgan fingerprint density at radius 1 is 1.26 bits per heavy atom. The van der Waals surface area contributed by atoms with Crippen LogP contribution >= 0.6 is 0 Å². The highest BCUT2D eigenvalue weighted by Crippen LogP contribution is 2.10. The maximum Gasteiger partial charge on any atom is 0.333 e. The molecule has 5 nitrogen and oxygen atoms in total. The van der Waals surface area contributed by atoms with Crippen molar-refractivity contribution in [1.29, 1.82) is 0 Å². The van der Waals surface area contributed by atoms with E-state index in [1.165, 1.54) is 0 Å². The highest BCUT2D eigenvalue weighted by molar-refractivity contribution is 5.93. The van der Waals surface area contributed by atoms with Crippen LogP contribution in [-0.2, 0) is 23.8 Å². The Bertz CT molecular complexity index is 320. The van der Waals surface area contributed by atoms with E-state index in [1.54, 1.807) is 0 Å². The number of ether oxygens (including phenoxy) is 3. The van der Waals surface area contributed by atoms with E-state index >= 15 is 0 Å². The van der Waals surface area contributed by atoms with Crippen LogP contribution in [0.15, 0.2) is 12.2 Å². The van der Waals surface area contributed by atoms with E-state index in [9.17, 15) is 9.59 Å². The van der Waals surface area contributed by atoms with Crippen LogP contribution in [0.3, 0.4) is 0 Å². The number of unbranched alkanes of at least 4 members (excludes halogenated alkanes) is 3. The van der Waals surface area contributed by atoms with E-state index in [0.717, 1.165) is 25.7 Å². The molecule has 5 heteroatoms. The van der Waals surface area contributed by atoms with Gasteiger partial charge in [0.1, 0.15) is 12.7 Å². The predicted molar refractivity (Wildman–Crippen MR) is 69.6 cm³/mol. The summed E-state index contributed by atoms with van der Waals surface area (Å²) in [5.74, 6) is -0.987. The monoisotopic (exact) mass is 270 g/mol. The third-order valence-electron chi connectivity index (χ3n) is 2.71. The van der Waals surface area contributed by atoms with Gasteiger partial charge in [0.25, 0.3) is 0 Å². The second-order valence-corrected chi connectivity index (χ2v) is 4.62. The summed E-state index contributed by atoms with van der Waals surface area (Å²) in [6, 6.07) is 0. The SMILES string of the molecule is C=C(CC(=O)OCC1CO1)C(=O)OCCCCCC. The summed E-state index contributed by atoms with van der Waals surface area (Å²) in [6.07, 6.45) is 4.06. The van der Waals surface area contributed by atoms with Crippen LogP contribution in [0.4, 0.5) is 0 Å². The van der Waals surface area contributed by atoms with Gasteiger partial charge in [-0.05, 0) is 6.42 Å². The fourth-order valence-corrected chi connectivity index (χ4v) is 1.44. The lowest BCUT2D eigenvalue weighted by Crippen LogP contribution is -2.15. The fourth-order valence-electron chi connectivity index (χ4n) is 1.44. The molecule has 1 unspecified atom stereocenters. The summed E-state index contributed by atoms with van der Waals surface area (Å²) >= 11 is 0. The van der Waals surface area contributed by atoms with Crippen LogP contribution in [0.2, 0.25) is 0 Å². The molecule has 0 aliphatic carbocycles. The number of hydrogen-bond acceptors (Lipinski definition) is 5. The van der Waals surface area contributed by atoms with Gasteiger partial charge in [-0.1, -0.05) is 32.8 Å². The van der Waals surface area contributed by atoms with Crippen LogP contribution in [0.25, 0.3) is 0 Å². The highest BCUT2D eigenvalue weighted by Gasteiger charge is 2.24. The fraction of sp³-hybridized carbons (Fsp3) is 0.714. The van der Waals surface area contributed by atoms with Gasteiger partial charge in [-0.25, -0.2) is 4.79 Å². The average molecular weight is 270 g/mol. The van der Waals surface area contributed by atoms with Crippen molar-refractivity contribution in [3.05, 3.63) is 12.2 Å². The molecule has 0 spiro atoms. The normalized spacial score (nSPS) is 16.8. The summed E-state index contributed by atoms with van der Waals surface area (Å²) in [4.78, 5) is 22.9. The Labute approximate surface area is 113 Å². The summed E-state index contributed by atoms with van der Waals surface area (Å²) in [5.41, 5.74) is 0.136. The van der Waals surface area contributed by atoms with Crippen LogP contribution in [0.1, 0.15) is 39.0 Å². The number of carbonyl (C=O) groups excluding carboxylic acids is 2. The lowest BCUT2D eigenvalue weighted by molar-refractivity contribution is -0.146. The van der Waals surface area contributed by atoms with Crippen molar-refractivity contribution < 1.29 is 23.8 Å². The van der Waals surface area contributed by atoms with Crippen LogP contribution in [-0.4, -0.2) is 37.9 Å². The van der Waals surface area contributed by atoms with E-state index in [2.05, 4.69) is 13.5 Å². The molecule has 1 aliphatic rings. The Kier molecular flexibility index (Phi) is 7.18. The zero-order valence-electron chi connectivity index (χ0n) is 11.5. The number of carbonyl (C=O) groups is 2. The van der Waals surface area contributed by atoms with Crippen LogP contribution in [0, 0.1) is 0 Å². The van der Waals surface area contributed by atoms with Crippen molar-refractivity contribution in [2.24, 2.45) is 0 Å². The minimum Gasteiger partial charge on any atom is -0.463 e. The van der Waals surface area contributed by atoms with E-state index in [1.807, 2.05) is 0 Å². The molecule has 1 saturated heterocycles. The van der Waals surface area contributed by atoms with Crippen molar-refractivity contribution in [2.75, 3.05) is 19.8 Å². The van der Waals surface area contributed by atoms with Gasteiger partial charge in [-0.15, -0.1) is 0 Å². The molecule has 1 fully saturated rings. The Balaban J connectivity index is 2.05. The van der Waals surface area contributed by atoms with Gasteiger partial charge in [-0.3, -0.25) is 4.79 Å². The van der Waals surface area contributed by atoms with Crippen molar-refractivity contribution in [3.8, 4) is 0 Å². The van der Waals surface area contributed by atoms with Gasteiger partial charge in [0.2, 0.25) is 0 Å². The third-order valence-corrected chi connectivity index (χ3v) is 2.71. The molecule has 1 aliphatic heterocycles. The molecular weight excluding hydrogens is 248 g/mol. The van der Waals surface area contributed by atoms with Crippen molar-refractivity contribution >= 4 is 11.9 Å². The van der Waals surface area contributed by atoms with E-state index in [0.29, 0.717) is 13.2 Å². The molecule has 0 aromatic heterocycles. The van der Waals surface area contributed by atoms with E-state index in [4.69, 9.17) is 14.2 Å². The lowest BCUT2D eigenvalue weighted by atomic mass is 10.2. The van der Waals surface area contributed by atoms with Crippen molar-refractivity contribution in [1.82, 2.24) is 0 Å². The average Bonchev–Trinajstić information content (AvgIpc) is 3.19. The quantitative estimate of drug-likeness (QED) is 0.263. The standard InChI is InChI=1S/C14H22O5/c1-3-4-5-6-7-17-14(16)11(2)8-13(15)19-10-12-9-18-12/h12H,2-10H2,1H3. The first-order valence-electron chi connectivity index (χ1n) is 6.75. The van der Waals surface area contributed by atoms with Gasteiger partial charge in [-0.2, -0.15) is 0 Å². The van der Waals surface area contributed by atoms with Gasteiger partial charge < -0.3 is 14.2 Å². The van der Waals surface area contributed by atoms with Crippen molar-refractivity contribution in [3.63, 3.8) is 0 Å². The zero-order valence-corrected chi connectivity index (χ0v) is 11.5. The third kappa shape index (κ3) is 7.62. The van der Waals surface area contributed by atoms with Gasteiger partial charge >= 0.3 is 11.9 Å². The zero-order chi connectivity index (χ0) is 14.1. The summed E-state index contributed by atoms with van der Waals surface area (Å²) in [6.45, 7) is 6.92. The molecular formula is C14H22O5. The molecule has 0 bridgehead atoms. The molecule has 0 aromatic carbocycles. The Morgan fingerprint density at radius 3 is 2.63 bits per heavy atom. The number of esters is 2. The summed E-state index contributed by atoms with van der Waals surface area (Å²) < 4.78 is 14.8. The minimum absolute atomic E-state index is 0.0303. The molecule has 0 aromatic rings. The molecule has 0 saturated carbocycles. The molecule has 1 heterocycles. The largest absolute Gasteiger partial charge is 0.463 e. The van der Waals surface area contributed by atoms with E-state index < -0.39 is 11.9 Å². The second kappa shape index (κ2) is 8.69. The van der Waals surface area contributed by atoms with Crippen LogP contribution in [0.5, 0.6) is 0 Å². The Morgan fingerprint density at radius 2 is 2.00 bits per heavy atom. The number of hydrogen-bond donors (Lipinski definition) is 0. The molecule has 19 heavy (non-hydrogen) atoms. The Hall–Kier alpha value is -1.36. The molecule has 0 amide bonds. The summed E-state index contributed by atoms with van der Waals surface area (Å²) in [5, 5.41) is 0. The molecule has 0 radical (unpaired) electrons. The van der Waals surface area contributed by atoms with Gasteiger partial charge in [0.15, 0.2) is 0 Å². The van der Waals surface area contributed by atoms with Gasteiger partial charge in [0, 0.05) is 5.57 Å². The maximum absolute atomic E-state index is 11.5. The predicted octanol–water partition coefficient (Wildman–Crippen LogP) is 2.00. The topological polar surface area (TPSA) is 65.1 Å². The lowest BCUT2D eigenvalue weighted by Gasteiger charge is -2.07. The highest BCUT2D eigenvalue weighted by atomic mass is 16.6. The molecule has 1 atom stereocenters. The number of epoxide rings is 1. The van der Waals surface area contributed by atoms with E-state index in [-0.39, 0.29) is 24.7 Å². The first-order chi connectivity index (χ1) is 9.13. The molecule has 1 rings (SSSR count). The molecule has 0 N–H and O–H groups in total. The second-order valence-electron chi connectivity index (χ2n) is 4.62. The smallest absolute Gasteiger partial charge is 0.333 e. The minimum atomic E-state index is -0.517. The first-order valence-corrected chi connectivity index (χ1v) is 6.75.